The number of hydrogen-bond donors (Lipinski definition) is 2. The van der Waals surface area contributed by atoms with E-state index in [1.165, 1.54) is 12.4 Å². The van der Waals surface area contributed by atoms with Gasteiger partial charge in [-0.2, -0.15) is 0 Å². The maximum Gasteiger partial charge on any atom is 0.247 e. The number of hydrogen-bond acceptors (Lipinski definition) is 4. The molecule has 0 saturated carbocycles. The minimum absolute atomic E-state index is 0.242. The minimum atomic E-state index is -0.242. The molecule has 5 heteroatoms. The first-order valence-electron chi connectivity index (χ1n) is 6.71. The molecule has 3 rings (SSSR count). The van der Waals surface area contributed by atoms with E-state index in [0.29, 0.717) is 11.5 Å². The SMILES string of the molecule is C=CC(=O)Nc1cccc(-c2ccc3ncnc(N)c3c2)c1. The third-order valence-corrected chi connectivity index (χ3v) is 3.31. The first-order valence-corrected chi connectivity index (χ1v) is 6.71. The summed E-state index contributed by atoms with van der Waals surface area (Å²) in [4.78, 5) is 19.6. The number of nitrogens with zero attached hydrogens (tertiary/aromatic N) is 2. The second kappa shape index (κ2) is 5.65. The van der Waals surface area contributed by atoms with Gasteiger partial charge in [-0.3, -0.25) is 4.79 Å². The zero-order valence-electron chi connectivity index (χ0n) is 11.8. The van der Waals surface area contributed by atoms with Crippen LogP contribution in [0.4, 0.5) is 11.5 Å². The third-order valence-electron chi connectivity index (χ3n) is 3.31. The summed E-state index contributed by atoms with van der Waals surface area (Å²) in [6, 6.07) is 13.4. The first kappa shape index (κ1) is 13.8. The lowest BCUT2D eigenvalue weighted by Crippen LogP contribution is -2.06. The number of anilines is 2. The number of amides is 1. The van der Waals surface area contributed by atoms with Crippen LogP contribution in [-0.2, 0) is 4.79 Å². The fourth-order valence-electron chi connectivity index (χ4n) is 2.23. The highest BCUT2D eigenvalue weighted by Crippen LogP contribution is 2.27. The van der Waals surface area contributed by atoms with E-state index in [1.807, 2.05) is 42.5 Å². The van der Waals surface area contributed by atoms with Gasteiger partial charge in [0.05, 0.1) is 5.52 Å². The van der Waals surface area contributed by atoms with E-state index in [4.69, 9.17) is 5.73 Å². The molecule has 0 aliphatic carbocycles. The van der Waals surface area contributed by atoms with Gasteiger partial charge in [-0.1, -0.05) is 24.8 Å². The van der Waals surface area contributed by atoms with Gasteiger partial charge in [-0.15, -0.1) is 0 Å². The zero-order chi connectivity index (χ0) is 15.5. The van der Waals surface area contributed by atoms with Crippen molar-refractivity contribution in [3.63, 3.8) is 0 Å². The Labute approximate surface area is 127 Å². The van der Waals surface area contributed by atoms with Crippen LogP contribution in [-0.4, -0.2) is 15.9 Å². The van der Waals surface area contributed by atoms with E-state index in [-0.39, 0.29) is 5.91 Å². The molecule has 22 heavy (non-hydrogen) atoms. The van der Waals surface area contributed by atoms with Crippen molar-refractivity contribution in [3.05, 3.63) is 61.4 Å². The maximum absolute atomic E-state index is 11.4. The van der Waals surface area contributed by atoms with E-state index in [2.05, 4.69) is 21.9 Å². The molecule has 0 atom stereocenters. The summed E-state index contributed by atoms with van der Waals surface area (Å²) < 4.78 is 0. The van der Waals surface area contributed by atoms with Crippen LogP contribution in [0.3, 0.4) is 0 Å². The third kappa shape index (κ3) is 2.64. The lowest BCUT2D eigenvalue weighted by atomic mass is 10.0. The van der Waals surface area contributed by atoms with Crippen molar-refractivity contribution < 1.29 is 4.79 Å². The standard InChI is InChI=1S/C17H14N4O/c1-2-16(22)21-13-5-3-4-11(8-13)12-6-7-15-14(9-12)17(18)20-10-19-15/h2-10H,1H2,(H,21,22)(H2,18,19,20). The van der Waals surface area contributed by atoms with E-state index in [1.54, 1.807) is 0 Å². The van der Waals surface area contributed by atoms with Gasteiger partial charge in [0, 0.05) is 11.1 Å². The Morgan fingerprint density at radius 2 is 1.95 bits per heavy atom. The second-order valence-electron chi connectivity index (χ2n) is 4.77. The normalized spacial score (nSPS) is 10.4. The van der Waals surface area contributed by atoms with Crippen molar-refractivity contribution in [2.45, 2.75) is 0 Å². The number of aromatic nitrogens is 2. The van der Waals surface area contributed by atoms with Crippen LogP contribution < -0.4 is 11.1 Å². The molecule has 0 spiro atoms. The summed E-state index contributed by atoms with van der Waals surface area (Å²) in [7, 11) is 0. The average molecular weight is 290 g/mol. The van der Waals surface area contributed by atoms with E-state index < -0.39 is 0 Å². The molecule has 0 aliphatic rings. The summed E-state index contributed by atoms with van der Waals surface area (Å²) in [5, 5.41) is 3.55. The van der Waals surface area contributed by atoms with Crippen LogP contribution in [0.15, 0.2) is 61.4 Å². The van der Waals surface area contributed by atoms with Crippen LogP contribution in [0.1, 0.15) is 0 Å². The number of nitrogen functional groups attached to an aromatic ring is 1. The Hall–Kier alpha value is -3.21. The smallest absolute Gasteiger partial charge is 0.247 e. The molecule has 3 N–H and O–H groups in total. The van der Waals surface area contributed by atoms with E-state index in [0.717, 1.165) is 22.0 Å². The molecule has 0 fully saturated rings. The molecule has 108 valence electrons. The topological polar surface area (TPSA) is 80.9 Å². The first-order chi connectivity index (χ1) is 10.7. The number of nitrogens with one attached hydrogen (secondary N) is 1. The molecular formula is C17H14N4O. The number of fused-ring (bicyclic) bond motifs is 1. The van der Waals surface area contributed by atoms with Gasteiger partial charge in [0.25, 0.3) is 0 Å². The Bertz CT molecular complexity index is 873. The predicted octanol–water partition coefficient (Wildman–Crippen LogP) is 3.00. The van der Waals surface area contributed by atoms with Gasteiger partial charge in [0.2, 0.25) is 5.91 Å². The Kier molecular flexibility index (Phi) is 3.53. The van der Waals surface area contributed by atoms with Gasteiger partial charge >= 0.3 is 0 Å². The highest BCUT2D eigenvalue weighted by Gasteiger charge is 2.05. The fourth-order valence-corrected chi connectivity index (χ4v) is 2.23. The summed E-state index contributed by atoms with van der Waals surface area (Å²) in [6.07, 6.45) is 2.68. The monoisotopic (exact) mass is 290 g/mol. The molecule has 0 aliphatic heterocycles. The van der Waals surface area contributed by atoms with Gasteiger partial charge in [-0.25, -0.2) is 9.97 Å². The molecular weight excluding hydrogens is 276 g/mol. The van der Waals surface area contributed by atoms with E-state index in [9.17, 15) is 4.79 Å². The highest BCUT2D eigenvalue weighted by molar-refractivity contribution is 5.99. The molecule has 3 aromatic rings. The van der Waals surface area contributed by atoms with Crippen LogP contribution in [0.25, 0.3) is 22.0 Å². The van der Waals surface area contributed by atoms with Crippen LogP contribution in [0, 0.1) is 0 Å². The van der Waals surface area contributed by atoms with Crippen LogP contribution >= 0.6 is 0 Å². The summed E-state index contributed by atoms with van der Waals surface area (Å²) in [6.45, 7) is 3.44. The summed E-state index contributed by atoms with van der Waals surface area (Å²) in [5.74, 6) is 0.205. The van der Waals surface area contributed by atoms with Crippen molar-refractivity contribution in [2.75, 3.05) is 11.1 Å². The molecule has 0 unspecified atom stereocenters. The largest absolute Gasteiger partial charge is 0.383 e. The molecule has 1 aromatic heterocycles. The average Bonchev–Trinajstić information content (AvgIpc) is 2.55. The van der Waals surface area contributed by atoms with Crippen molar-refractivity contribution in [1.82, 2.24) is 9.97 Å². The number of nitrogens with two attached hydrogens (primary N) is 1. The highest BCUT2D eigenvalue weighted by atomic mass is 16.1. The second-order valence-corrected chi connectivity index (χ2v) is 4.77. The summed E-state index contributed by atoms with van der Waals surface area (Å²) >= 11 is 0. The zero-order valence-corrected chi connectivity index (χ0v) is 11.8. The summed E-state index contributed by atoms with van der Waals surface area (Å²) in [5.41, 5.74) is 9.34. The lowest BCUT2D eigenvalue weighted by molar-refractivity contribution is -0.111. The maximum atomic E-state index is 11.4. The lowest BCUT2D eigenvalue weighted by Gasteiger charge is -2.08. The van der Waals surface area contributed by atoms with Crippen molar-refractivity contribution >= 4 is 28.3 Å². The molecule has 0 saturated heterocycles. The van der Waals surface area contributed by atoms with E-state index >= 15 is 0 Å². The van der Waals surface area contributed by atoms with Gasteiger partial charge in [0.1, 0.15) is 12.1 Å². The number of carbonyl (C=O) groups excluding carboxylic acids is 1. The minimum Gasteiger partial charge on any atom is -0.383 e. The number of benzene rings is 2. The molecule has 1 heterocycles. The number of rotatable bonds is 3. The van der Waals surface area contributed by atoms with Crippen molar-refractivity contribution in [3.8, 4) is 11.1 Å². The molecule has 2 aromatic carbocycles. The van der Waals surface area contributed by atoms with Crippen LogP contribution in [0.2, 0.25) is 0 Å². The predicted molar refractivity (Wildman–Crippen MR) is 88.2 cm³/mol. The van der Waals surface area contributed by atoms with Gasteiger partial charge in [-0.05, 0) is 41.5 Å². The fraction of sp³-hybridized carbons (Fsp3) is 0. The molecule has 5 nitrogen and oxygen atoms in total. The Balaban J connectivity index is 2.03. The Morgan fingerprint density at radius 1 is 1.14 bits per heavy atom. The molecule has 1 amide bonds. The van der Waals surface area contributed by atoms with Crippen molar-refractivity contribution in [1.29, 1.82) is 0 Å². The van der Waals surface area contributed by atoms with Gasteiger partial charge < -0.3 is 11.1 Å². The number of carbonyl (C=O) groups is 1. The molecule has 0 bridgehead atoms. The molecule has 0 radical (unpaired) electrons. The Morgan fingerprint density at radius 3 is 2.77 bits per heavy atom. The van der Waals surface area contributed by atoms with Crippen LogP contribution in [0.5, 0.6) is 0 Å². The van der Waals surface area contributed by atoms with Gasteiger partial charge in [0.15, 0.2) is 0 Å². The van der Waals surface area contributed by atoms with Crippen molar-refractivity contribution in [2.24, 2.45) is 0 Å². The quantitative estimate of drug-likeness (QED) is 0.727.